The predicted octanol–water partition coefficient (Wildman–Crippen LogP) is 1.66. The molecule has 1 amide bonds. The Hall–Kier alpha value is -0.920. The molecule has 1 aromatic carbocycles. The van der Waals surface area contributed by atoms with Crippen molar-refractivity contribution in [3.05, 3.63) is 28.2 Å². The van der Waals surface area contributed by atoms with Gasteiger partial charge in [0.2, 0.25) is 15.9 Å². The van der Waals surface area contributed by atoms with Gasteiger partial charge in [0.1, 0.15) is 0 Å². The number of hydrogen-bond donors (Lipinski definition) is 1. The van der Waals surface area contributed by atoms with E-state index in [1.54, 1.807) is 17.0 Å². The summed E-state index contributed by atoms with van der Waals surface area (Å²) in [7, 11) is -3.64. The number of hydrogen-bond acceptors (Lipinski definition) is 3. The molecule has 110 valence electrons. The summed E-state index contributed by atoms with van der Waals surface area (Å²) in [5, 5.41) is 0. The SMILES string of the molecule is Cc1cc(S(=O)(=O)NCC(=O)N2CCCC2)ccc1Br. The molecule has 7 heteroatoms. The first-order chi connectivity index (χ1) is 9.40. The minimum Gasteiger partial charge on any atom is -0.342 e. The smallest absolute Gasteiger partial charge is 0.241 e. The topological polar surface area (TPSA) is 66.5 Å². The molecule has 0 spiro atoms. The summed E-state index contributed by atoms with van der Waals surface area (Å²) >= 11 is 3.33. The van der Waals surface area contributed by atoms with Gasteiger partial charge in [-0.15, -0.1) is 0 Å². The molecule has 1 heterocycles. The summed E-state index contributed by atoms with van der Waals surface area (Å²) < 4.78 is 27.5. The van der Waals surface area contributed by atoms with Crippen molar-refractivity contribution in [1.82, 2.24) is 9.62 Å². The largest absolute Gasteiger partial charge is 0.342 e. The number of sulfonamides is 1. The van der Waals surface area contributed by atoms with E-state index in [9.17, 15) is 13.2 Å². The van der Waals surface area contributed by atoms with Gasteiger partial charge in [-0.2, -0.15) is 0 Å². The maximum Gasteiger partial charge on any atom is 0.241 e. The monoisotopic (exact) mass is 360 g/mol. The van der Waals surface area contributed by atoms with Gasteiger partial charge in [0.15, 0.2) is 0 Å². The van der Waals surface area contributed by atoms with E-state index in [1.165, 1.54) is 6.07 Å². The van der Waals surface area contributed by atoms with Crippen LogP contribution in [0.5, 0.6) is 0 Å². The van der Waals surface area contributed by atoms with Gasteiger partial charge < -0.3 is 4.90 Å². The molecule has 0 unspecified atom stereocenters. The molecule has 0 radical (unpaired) electrons. The van der Waals surface area contributed by atoms with Crippen LogP contribution in [-0.4, -0.2) is 38.9 Å². The Labute approximate surface area is 127 Å². The maximum absolute atomic E-state index is 12.1. The maximum atomic E-state index is 12.1. The van der Waals surface area contributed by atoms with Gasteiger partial charge in [-0.1, -0.05) is 15.9 Å². The molecule has 1 saturated heterocycles. The van der Waals surface area contributed by atoms with Crippen molar-refractivity contribution in [2.75, 3.05) is 19.6 Å². The summed E-state index contributed by atoms with van der Waals surface area (Å²) in [6.45, 7) is 3.08. The van der Waals surface area contributed by atoms with Crippen LogP contribution in [0.25, 0.3) is 0 Å². The highest BCUT2D eigenvalue weighted by Crippen LogP contribution is 2.19. The fourth-order valence-electron chi connectivity index (χ4n) is 2.10. The lowest BCUT2D eigenvalue weighted by Gasteiger charge is -2.15. The molecule has 1 aromatic rings. The van der Waals surface area contributed by atoms with Crippen molar-refractivity contribution in [1.29, 1.82) is 0 Å². The van der Waals surface area contributed by atoms with E-state index >= 15 is 0 Å². The molecule has 1 fully saturated rings. The highest BCUT2D eigenvalue weighted by molar-refractivity contribution is 9.10. The fourth-order valence-corrected chi connectivity index (χ4v) is 3.41. The third-order valence-corrected chi connectivity index (χ3v) is 5.60. The third kappa shape index (κ3) is 3.59. The number of carbonyl (C=O) groups excluding carboxylic acids is 1. The molecule has 1 aliphatic heterocycles. The summed E-state index contributed by atoms with van der Waals surface area (Å²) in [6, 6.07) is 4.78. The van der Waals surface area contributed by atoms with Crippen LogP contribution in [0.2, 0.25) is 0 Å². The van der Waals surface area contributed by atoms with Gasteiger partial charge in [-0.05, 0) is 43.5 Å². The van der Waals surface area contributed by atoms with Crippen LogP contribution >= 0.6 is 15.9 Å². The zero-order valence-corrected chi connectivity index (χ0v) is 13.6. The Morgan fingerprint density at radius 1 is 1.35 bits per heavy atom. The minimum absolute atomic E-state index is 0.167. The van der Waals surface area contributed by atoms with Gasteiger partial charge >= 0.3 is 0 Å². The first-order valence-electron chi connectivity index (χ1n) is 6.44. The molecule has 0 aromatic heterocycles. The Balaban J connectivity index is 2.03. The van der Waals surface area contributed by atoms with Gasteiger partial charge in [-0.25, -0.2) is 13.1 Å². The Morgan fingerprint density at radius 3 is 2.60 bits per heavy atom. The van der Waals surface area contributed by atoms with Crippen LogP contribution < -0.4 is 4.72 Å². The Bertz CT molecular complexity index is 610. The van der Waals surface area contributed by atoms with Crippen LogP contribution in [-0.2, 0) is 14.8 Å². The van der Waals surface area contributed by atoms with Gasteiger partial charge in [0.25, 0.3) is 0 Å². The number of halogens is 1. The number of aryl methyl sites for hydroxylation is 1. The van der Waals surface area contributed by atoms with E-state index in [1.807, 2.05) is 6.92 Å². The second-order valence-corrected chi connectivity index (χ2v) is 7.44. The molecule has 0 saturated carbocycles. The van der Waals surface area contributed by atoms with Crippen LogP contribution in [0.4, 0.5) is 0 Å². The van der Waals surface area contributed by atoms with Crippen LogP contribution in [0.1, 0.15) is 18.4 Å². The van der Waals surface area contributed by atoms with Gasteiger partial charge in [-0.3, -0.25) is 4.79 Å². The third-order valence-electron chi connectivity index (χ3n) is 3.31. The zero-order valence-electron chi connectivity index (χ0n) is 11.2. The molecule has 5 nitrogen and oxygen atoms in total. The number of amides is 1. The molecule has 1 aliphatic rings. The molecule has 1 N–H and O–H groups in total. The van der Waals surface area contributed by atoms with E-state index < -0.39 is 10.0 Å². The molecule has 0 aliphatic carbocycles. The number of nitrogens with one attached hydrogen (secondary N) is 1. The number of carbonyl (C=O) groups is 1. The van der Waals surface area contributed by atoms with Crippen molar-refractivity contribution < 1.29 is 13.2 Å². The lowest BCUT2D eigenvalue weighted by molar-refractivity contribution is -0.128. The van der Waals surface area contributed by atoms with E-state index in [0.29, 0.717) is 0 Å². The number of likely N-dealkylation sites (tertiary alicyclic amines) is 1. The highest BCUT2D eigenvalue weighted by atomic mass is 79.9. The first-order valence-corrected chi connectivity index (χ1v) is 8.71. The van der Waals surface area contributed by atoms with Crippen LogP contribution in [0.3, 0.4) is 0 Å². The lowest BCUT2D eigenvalue weighted by Crippen LogP contribution is -2.38. The van der Waals surface area contributed by atoms with E-state index in [0.717, 1.165) is 36.0 Å². The summed E-state index contributed by atoms with van der Waals surface area (Å²) in [5.74, 6) is -0.167. The summed E-state index contributed by atoms with van der Waals surface area (Å²) in [5.41, 5.74) is 0.832. The summed E-state index contributed by atoms with van der Waals surface area (Å²) in [6.07, 6.45) is 1.98. The highest BCUT2D eigenvalue weighted by Gasteiger charge is 2.21. The molecule has 2 rings (SSSR count). The number of nitrogens with zero attached hydrogens (tertiary/aromatic N) is 1. The van der Waals surface area contributed by atoms with Crippen molar-refractivity contribution in [2.45, 2.75) is 24.7 Å². The Morgan fingerprint density at radius 2 is 2.00 bits per heavy atom. The van der Waals surface area contributed by atoms with E-state index in [-0.39, 0.29) is 17.3 Å². The lowest BCUT2D eigenvalue weighted by atomic mass is 10.2. The standard InChI is InChI=1S/C13H17BrN2O3S/c1-10-8-11(4-5-12(10)14)20(18,19)15-9-13(17)16-6-2-3-7-16/h4-5,8,15H,2-3,6-7,9H2,1H3. The van der Waals surface area contributed by atoms with Crippen LogP contribution in [0, 0.1) is 6.92 Å². The van der Waals surface area contributed by atoms with Crippen molar-refractivity contribution >= 4 is 31.9 Å². The fraction of sp³-hybridized carbons (Fsp3) is 0.462. The zero-order chi connectivity index (χ0) is 14.8. The molecule has 20 heavy (non-hydrogen) atoms. The van der Waals surface area contributed by atoms with Crippen molar-refractivity contribution in [3.63, 3.8) is 0 Å². The number of rotatable bonds is 4. The number of benzene rings is 1. The van der Waals surface area contributed by atoms with Gasteiger partial charge in [0, 0.05) is 17.6 Å². The first kappa shape index (κ1) is 15.5. The molecule has 0 atom stereocenters. The average molecular weight is 361 g/mol. The van der Waals surface area contributed by atoms with Crippen LogP contribution in [0.15, 0.2) is 27.6 Å². The molecular formula is C13H17BrN2O3S. The quantitative estimate of drug-likeness (QED) is 0.887. The molecular weight excluding hydrogens is 344 g/mol. The van der Waals surface area contributed by atoms with Gasteiger partial charge in [0.05, 0.1) is 11.4 Å². The van der Waals surface area contributed by atoms with Crippen molar-refractivity contribution in [3.8, 4) is 0 Å². The van der Waals surface area contributed by atoms with E-state index in [4.69, 9.17) is 0 Å². The van der Waals surface area contributed by atoms with Crippen molar-refractivity contribution in [2.24, 2.45) is 0 Å². The second-order valence-electron chi connectivity index (χ2n) is 4.82. The minimum atomic E-state index is -3.64. The second kappa shape index (κ2) is 6.24. The predicted molar refractivity (Wildman–Crippen MR) is 79.9 cm³/mol. The average Bonchev–Trinajstić information content (AvgIpc) is 2.93. The normalized spacial score (nSPS) is 15.6. The summed E-state index contributed by atoms with van der Waals surface area (Å²) in [4.78, 5) is 13.7. The van der Waals surface area contributed by atoms with E-state index in [2.05, 4.69) is 20.7 Å². The molecule has 0 bridgehead atoms. The Kier molecular flexibility index (Phi) is 4.82.